The van der Waals surface area contributed by atoms with Crippen molar-refractivity contribution in [3.63, 3.8) is 0 Å². The van der Waals surface area contributed by atoms with Crippen LogP contribution in [0.15, 0.2) is 30.6 Å². The number of aromatic nitrogens is 2. The van der Waals surface area contributed by atoms with Crippen LogP contribution < -0.4 is 5.73 Å². The van der Waals surface area contributed by atoms with Crippen molar-refractivity contribution in [3.8, 4) is 0 Å². The van der Waals surface area contributed by atoms with Crippen LogP contribution in [0.3, 0.4) is 0 Å². The Labute approximate surface area is 140 Å². The van der Waals surface area contributed by atoms with Gasteiger partial charge in [0.05, 0.1) is 11.8 Å². The molecule has 2 amide bonds. The minimum atomic E-state index is -0.702. The smallest absolute Gasteiger partial charge is 0.257 e. The second kappa shape index (κ2) is 7.25. The van der Waals surface area contributed by atoms with Gasteiger partial charge in [-0.3, -0.25) is 14.3 Å². The quantitative estimate of drug-likeness (QED) is 0.878. The zero-order valence-electron chi connectivity index (χ0n) is 14.0. The number of aryl methyl sites for hydroxylation is 1. The van der Waals surface area contributed by atoms with E-state index in [0.717, 1.165) is 11.6 Å². The lowest BCUT2D eigenvalue weighted by Gasteiger charge is -2.24. The van der Waals surface area contributed by atoms with Gasteiger partial charge in [-0.1, -0.05) is 13.8 Å². The van der Waals surface area contributed by atoms with E-state index in [1.807, 2.05) is 13.8 Å². The highest BCUT2D eigenvalue weighted by molar-refractivity contribution is 5.99. The number of amides is 2. The zero-order valence-corrected chi connectivity index (χ0v) is 14.0. The molecule has 2 aromatic rings. The summed E-state index contributed by atoms with van der Waals surface area (Å²) in [6, 6.07) is 3.56. The third-order valence-corrected chi connectivity index (χ3v) is 3.49. The predicted octanol–water partition coefficient (Wildman–Crippen LogP) is 1.96. The lowest BCUT2D eigenvalue weighted by Crippen LogP contribution is -2.34. The molecule has 0 bridgehead atoms. The summed E-state index contributed by atoms with van der Waals surface area (Å²) < 4.78 is 15.7. The molecule has 7 heteroatoms. The Kier molecular flexibility index (Phi) is 5.33. The maximum absolute atomic E-state index is 14.1. The summed E-state index contributed by atoms with van der Waals surface area (Å²) in [6.45, 7) is 4.71. The van der Waals surface area contributed by atoms with Crippen LogP contribution in [-0.2, 0) is 13.6 Å². The molecule has 0 atom stereocenters. The van der Waals surface area contributed by atoms with Gasteiger partial charge in [0.15, 0.2) is 0 Å². The first-order valence-corrected chi connectivity index (χ1v) is 7.64. The van der Waals surface area contributed by atoms with E-state index < -0.39 is 17.6 Å². The number of halogens is 1. The molecule has 0 aliphatic heterocycles. The molecule has 128 valence electrons. The lowest BCUT2D eigenvalue weighted by molar-refractivity contribution is 0.0718. The number of primary amides is 1. The Morgan fingerprint density at radius 3 is 2.62 bits per heavy atom. The first kappa shape index (κ1) is 17.7. The van der Waals surface area contributed by atoms with E-state index in [0.29, 0.717) is 13.1 Å². The molecule has 1 heterocycles. The first-order chi connectivity index (χ1) is 11.3. The van der Waals surface area contributed by atoms with Crippen molar-refractivity contribution in [1.29, 1.82) is 0 Å². The van der Waals surface area contributed by atoms with Crippen LogP contribution in [0.2, 0.25) is 0 Å². The summed E-state index contributed by atoms with van der Waals surface area (Å²) in [5.74, 6) is -1.65. The first-order valence-electron chi connectivity index (χ1n) is 7.64. The number of benzene rings is 1. The van der Waals surface area contributed by atoms with Gasteiger partial charge < -0.3 is 10.6 Å². The van der Waals surface area contributed by atoms with E-state index in [1.165, 1.54) is 12.1 Å². The SMILES string of the molecule is CC(C)CN(Cc1cnn(C)c1)C(=O)c1cc(C(N)=O)ccc1F. The molecule has 2 N–H and O–H groups in total. The van der Waals surface area contributed by atoms with Crippen LogP contribution >= 0.6 is 0 Å². The number of hydrogen-bond donors (Lipinski definition) is 1. The number of nitrogens with zero attached hydrogens (tertiary/aromatic N) is 3. The highest BCUT2D eigenvalue weighted by atomic mass is 19.1. The minimum Gasteiger partial charge on any atom is -0.366 e. The molecule has 24 heavy (non-hydrogen) atoms. The molecule has 6 nitrogen and oxygen atoms in total. The summed E-state index contributed by atoms with van der Waals surface area (Å²) in [4.78, 5) is 25.6. The fourth-order valence-corrected chi connectivity index (χ4v) is 2.45. The van der Waals surface area contributed by atoms with Gasteiger partial charge in [-0.25, -0.2) is 4.39 Å². The zero-order chi connectivity index (χ0) is 17.9. The van der Waals surface area contributed by atoms with Crippen LogP contribution in [-0.4, -0.2) is 33.0 Å². The third kappa shape index (κ3) is 4.18. The van der Waals surface area contributed by atoms with Gasteiger partial charge in [0, 0.05) is 37.5 Å². The van der Waals surface area contributed by atoms with E-state index in [9.17, 15) is 14.0 Å². The monoisotopic (exact) mass is 332 g/mol. The Hall–Kier alpha value is -2.70. The Balaban J connectivity index is 2.33. The lowest BCUT2D eigenvalue weighted by atomic mass is 10.1. The van der Waals surface area contributed by atoms with Crippen molar-refractivity contribution >= 4 is 11.8 Å². The number of carbonyl (C=O) groups excluding carboxylic acids is 2. The van der Waals surface area contributed by atoms with Crippen molar-refractivity contribution in [2.24, 2.45) is 18.7 Å². The highest BCUT2D eigenvalue weighted by Crippen LogP contribution is 2.16. The Bertz CT molecular complexity index is 755. The Morgan fingerprint density at radius 2 is 2.08 bits per heavy atom. The van der Waals surface area contributed by atoms with Crippen LogP contribution in [0.4, 0.5) is 4.39 Å². The summed E-state index contributed by atoms with van der Waals surface area (Å²) >= 11 is 0. The van der Waals surface area contributed by atoms with Crippen LogP contribution in [0.5, 0.6) is 0 Å². The average molecular weight is 332 g/mol. The molecule has 0 fully saturated rings. The van der Waals surface area contributed by atoms with Gasteiger partial charge in [-0.05, 0) is 24.1 Å². The van der Waals surface area contributed by atoms with E-state index in [-0.39, 0.29) is 17.0 Å². The second-order valence-electron chi connectivity index (χ2n) is 6.16. The van der Waals surface area contributed by atoms with Crippen molar-refractivity contribution in [3.05, 3.63) is 53.1 Å². The summed E-state index contributed by atoms with van der Waals surface area (Å²) in [7, 11) is 1.79. The summed E-state index contributed by atoms with van der Waals surface area (Å²) in [6.07, 6.45) is 3.47. The largest absolute Gasteiger partial charge is 0.366 e. The predicted molar refractivity (Wildman–Crippen MR) is 87.7 cm³/mol. The molecule has 0 saturated heterocycles. The van der Waals surface area contributed by atoms with Crippen molar-refractivity contribution in [2.45, 2.75) is 20.4 Å². The summed E-state index contributed by atoms with van der Waals surface area (Å²) in [5.41, 5.74) is 6.01. The standard InChI is InChI=1S/C17H21FN4O2/c1-11(2)8-22(10-12-7-20-21(3)9-12)17(24)14-6-13(16(19)23)4-5-15(14)18/h4-7,9,11H,8,10H2,1-3H3,(H2,19,23). The summed E-state index contributed by atoms with van der Waals surface area (Å²) in [5, 5.41) is 4.08. The normalized spacial score (nSPS) is 10.9. The molecular formula is C17H21FN4O2. The van der Waals surface area contributed by atoms with Gasteiger partial charge in [0.25, 0.3) is 5.91 Å². The molecule has 2 rings (SSSR count). The van der Waals surface area contributed by atoms with E-state index >= 15 is 0 Å². The van der Waals surface area contributed by atoms with Crippen molar-refractivity contribution in [1.82, 2.24) is 14.7 Å². The van der Waals surface area contributed by atoms with E-state index in [2.05, 4.69) is 5.10 Å². The molecule has 0 saturated carbocycles. The van der Waals surface area contributed by atoms with Gasteiger partial charge in [0.2, 0.25) is 5.91 Å². The number of nitrogens with two attached hydrogens (primary N) is 1. The van der Waals surface area contributed by atoms with Gasteiger partial charge in [-0.15, -0.1) is 0 Å². The van der Waals surface area contributed by atoms with Crippen molar-refractivity contribution in [2.75, 3.05) is 6.54 Å². The Morgan fingerprint density at radius 1 is 1.38 bits per heavy atom. The van der Waals surface area contributed by atoms with Crippen LogP contribution in [0.1, 0.15) is 40.1 Å². The van der Waals surface area contributed by atoms with E-state index in [1.54, 1.807) is 29.0 Å². The number of rotatable bonds is 6. The molecule has 0 aliphatic rings. The number of carbonyl (C=O) groups is 2. The number of hydrogen-bond acceptors (Lipinski definition) is 3. The fourth-order valence-electron chi connectivity index (χ4n) is 2.45. The van der Waals surface area contributed by atoms with Crippen molar-refractivity contribution < 1.29 is 14.0 Å². The fraction of sp³-hybridized carbons (Fsp3) is 0.353. The molecule has 1 aromatic heterocycles. The van der Waals surface area contributed by atoms with Gasteiger partial charge in [-0.2, -0.15) is 5.10 Å². The second-order valence-corrected chi connectivity index (χ2v) is 6.16. The van der Waals surface area contributed by atoms with Gasteiger partial charge >= 0.3 is 0 Å². The highest BCUT2D eigenvalue weighted by Gasteiger charge is 2.22. The third-order valence-electron chi connectivity index (χ3n) is 3.49. The van der Waals surface area contributed by atoms with Crippen LogP contribution in [0, 0.1) is 11.7 Å². The van der Waals surface area contributed by atoms with E-state index in [4.69, 9.17) is 5.73 Å². The maximum Gasteiger partial charge on any atom is 0.257 e. The molecule has 1 aromatic carbocycles. The molecular weight excluding hydrogens is 311 g/mol. The van der Waals surface area contributed by atoms with Crippen LogP contribution in [0.25, 0.3) is 0 Å². The maximum atomic E-state index is 14.1. The molecule has 0 aliphatic carbocycles. The average Bonchev–Trinajstić information content (AvgIpc) is 2.91. The molecule has 0 unspecified atom stereocenters. The molecule has 0 radical (unpaired) electrons. The van der Waals surface area contributed by atoms with Gasteiger partial charge in [0.1, 0.15) is 5.82 Å². The molecule has 0 spiro atoms. The minimum absolute atomic E-state index is 0.102. The topological polar surface area (TPSA) is 81.2 Å².